The van der Waals surface area contributed by atoms with Gasteiger partial charge in [-0.1, -0.05) is 12.1 Å². The number of hydrogen-bond acceptors (Lipinski definition) is 3. The third-order valence-corrected chi connectivity index (χ3v) is 2.28. The van der Waals surface area contributed by atoms with Crippen LogP contribution in [-0.4, -0.2) is 29.2 Å². The summed E-state index contributed by atoms with van der Waals surface area (Å²) in [5.74, 6) is -3.83. The summed E-state index contributed by atoms with van der Waals surface area (Å²) >= 11 is 0. The van der Waals surface area contributed by atoms with Crippen molar-refractivity contribution in [3.8, 4) is 0 Å². The average Bonchev–Trinajstić information content (AvgIpc) is 2.29. The third kappa shape index (κ3) is 4.49. The van der Waals surface area contributed by atoms with Crippen LogP contribution in [0.5, 0.6) is 0 Å². The van der Waals surface area contributed by atoms with E-state index in [1.807, 2.05) is 0 Å². The molecule has 1 unspecified atom stereocenters. The minimum Gasteiger partial charge on any atom is -0.480 e. The zero-order valence-electron chi connectivity index (χ0n) is 9.57. The van der Waals surface area contributed by atoms with Crippen LogP contribution in [0, 0.1) is 0 Å². The Labute approximate surface area is 106 Å². The molecule has 1 aromatic carbocycles. The van der Waals surface area contributed by atoms with Crippen LogP contribution in [0.1, 0.15) is 5.56 Å². The highest BCUT2D eigenvalue weighted by molar-refractivity contribution is 5.87. The van der Waals surface area contributed by atoms with Crippen molar-refractivity contribution < 1.29 is 27.9 Å². The number of anilines is 1. The summed E-state index contributed by atoms with van der Waals surface area (Å²) < 4.78 is 36.1. The van der Waals surface area contributed by atoms with Gasteiger partial charge in [-0.3, -0.25) is 4.79 Å². The topological polar surface area (TPSA) is 92.4 Å². The van der Waals surface area contributed by atoms with E-state index in [1.54, 1.807) is 0 Å². The number of carboxylic acids is 1. The van der Waals surface area contributed by atoms with Gasteiger partial charge in [0.1, 0.15) is 6.04 Å². The Morgan fingerprint density at radius 3 is 2.21 bits per heavy atom. The lowest BCUT2D eigenvalue weighted by atomic mass is 10.1. The number of hydrogen-bond donors (Lipinski definition) is 3. The first-order valence-electron chi connectivity index (χ1n) is 5.15. The Kier molecular flexibility index (Phi) is 4.36. The predicted octanol–water partition coefficient (Wildman–Crippen LogP) is 0.943. The number of rotatable bonds is 4. The van der Waals surface area contributed by atoms with Crippen LogP contribution >= 0.6 is 0 Å². The largest absolute Gasteiger partial charge is 0.480 e. The molecule has 0 aromatic heterocycles. The fraction of sp³-hybridized carbons (Fsp3) is 0.273. The van der Waals surface area contributed by atoms with Crippen LogP contribution in [0.25, 0.3) is 0 Å². The van der Waals surface area contributed by atoms with Gasteiger partial charge in [0.05, 0.1) is 0 Å². The fourth-order valence-corrected chi connectivity index (χ4v) is 1.33. The number of carboxylic acid groups (broad SMARTS) is 1. The summed E-state index contributed by atoms with van der Waals surface area (Å²) in [6.07, 6.45) is -5.38. The molecule has 1 atom stereocenters. The van der Waals surface area contributed by atoms with Gasteiger partial charge in [-0.15, -0.1) is 0 Å². The fourth-order valence-electron chi connectivity index (χ4n) is 1.33. The number of carbonyl (C=O) groups excluding carboxylic acids is 1. The van der Waals surface area contributed by atoms with Crippen molar-refractivity contribution in [3.63, 3.8) is 0 Å². The molecule has 0 heterocycles. The number of amides is 1. The number of halogens is 3. The molecular weight excluding hydrogens is 265 g/mol. The summed E-state index contributed by atoms with van der Waals surface area (Å²) in [6, 6.07) is 4.27. The number of nitrogens with two attached hydrogens (primary N) is 1. The van der Waals surface area contributed by atoms with Gasteiger partial charge in [-0.25, -0.2) is 4.79 Å². The first kappa shape index (κ1) is 14.8. The van der Waals surface area contributed by atoms with Crippen LogP contribution in [0.4, 0.5) is 18.9 Å². The zero-order chi connectivity index (χ0) is 14.6. The number of nitrogen functional groups attached to an aromatic ring is 1. The van der Waals surface area contributed by atoms with Gasteiger partial charge in [0, 0.05) is 12.1 Å². The second kappa shape index (κ2) is 5.59. The molecule has 4 N–H and O–H groups in total. The van der Waals surface area contributed by atoms with Crippen LogP contribution in [0.15, 0.2) is 24.3 Å². The number of benzene rings is 1. The minimum absolute atomic E-state index is 0.266. The normalized spacial score (nSPS) is 12.8. The second-order valence-electron chi connectivity index (χ2n) is 3.81. The maximum absolute atomic E-state index is 12.0. The molecule has 8 heteroatoms. The van der Waals surface area contributed by atoms with Gasteiger partial charge in [0.25, 0.3) is 0 Å². The summed E-state index contributed by atoms with van der Waals surface area (Å²) in [6.45, 7) is 0. The molecule has 1 aromatic rings. The van der Waals surface area contributed by atoms with Crippen molar-refractivity contribution in [2.24, 2.45) is 0 Å². The highest BCUT2D eigenvalue weighted by atomic mass is 19.4. The quantitative estimate of drug-likeness (QED) is 0.714. The summed E-state index contributed by atoms with van der Waals surface area (Å²) in [5, 5.41) is 10.2. The van der Waals surface area contributed by atoms with Gasteiger partial charge in [-0.05, 0) is 17.7 Å². The van der Waals surface area contributed by atoms with Crippen molar-refractivity contribution in [1.82, 2.24) is 5.32 Å². The number of nitrogens with one attached hydrogen (secondary N) is 1. The van der Waals surface area contributed by atoms with Crippen molar-refractivity contribution in [1.29, 1.82) is 0 Å². The Bertz CT molecular complexity index is 471. The lowest BCUT2D eigenvalue weighted by Crippen LogP contribution is -2.47. The van der Waals surface area contributed by atoms with Crippen molar-refractivity contribution in [2.45, 2.75) is 18.6 Å². The lowest BCUT2D eigenvalue weighted by Gasteiger charge is -2.15. The Hall–Kier alpha value is -2.25. The SMILES string of the molecule is Nc1ccc(CC(NC(=O)C(F)(F)F)C(=O)O)cc1. The molecule has 0 saturated heterocycles. The maximum atomic E-state index is 12.0. The molecule has 19 heavy (non-hydrogen) atoms. The highest BCUT2D eigenvalue weighted by Gasteiger charge is 2.40. The molecule has 0 aliphatic rings. The average molecular weight is 276 g/mol. The minimum atomic E-state index is -5.12. The smallest absolute Gasteiger partial charge is 0.471 e. The van der Waals surface area contributed by atoms with E-state index in [1.165, 1.54) is 29.6 Å². The molecule has 0 aliphatic heterocycles. The molecule has 0 aliphatic carbocycles. The molecule has 0 saturated carbocycles. The Morgan fingerprint density at radius 2 is 1.79 bits per heavy atom. The molecule has 0 spiro atoms. The molecule has 0 radical (unpaired) electrons. The lowest BCUT2D eigenvalue weighted by molar-refractivity contribution is -0.175. The Balaban J connectivity index is 2.77. The van der Waals surface area contributed by atoms with Crippen molar-refractivity contribution in [3.05, 3.63) is 29.8 Å². The molecular formula is C11H11F3N2O3. The molecule has 0 bridgehead atoms. The molecule has 1 amide bonds. The van der Waals surface area contributed by atoms with E-state index < -0.39 is 24.1 Å². The molecule has 1 rings (SSSR count). The van der Waals surface area contributed by atoms with Crippen LogP contribution in [-0.2, 0) is 16.0 Å². The Morgan fingerprint density at radius 1 is 1.26 bits per heavy atom. The number of alkyl halides is 3. The summed E-state index contributed by atoms with van der Waals surface area (Å²) in [5.41, 5.74) is 6.31. The first-order chi connectivity index (χ1) is 8.70. The van der Waals surface area contributed by atoms with Gasteiger partial charge >= 0.3 is 18.1 Å². The predicted molar refractivity (Wildman–Crippen MR) is 60.2 cm³/mol. The first-order valence-corrected chi connectivity index (χ1v) is 5.15. The van der Waals surface area contributed by atoms with E-state index in [0.717, 1.165) is 0 Å². The standard InChI is InChI=1S/C11H11F3N2O3/c12-11(13,14)10(19)16-8(9(17)18)5-6-1-3-7(15)4-2-6/h1-4,8H,5,15H2,(H,16,19)(H,17,18). The summed E-state index contributed by atoms with van der Waals surface area (Å²) in [4.78, 5) is 21.5. The van der Waals surface area contributed by atoms with Gasteiger partial charge in [-0.2, -0.15) is 13.2 Å². The molecule has 104 valence electrons. The van der Waals surface area contributed by atoms with E-state index >= 15 is 0 Å². The zero-order valence-corrected chi connectivity index (χ0v) is 9.57. The molecule has 5 nitrogen and oxygen atoms in total. The van der Waals surface area contributed by atoms with Crippen LogP contribution in [0.3, 0.4) is 0 Å². The maximum Gasteiger partial charge on any atom is 0.471 e. The monoisotopic (exact) mass is 276 g/mol. The summed E-state index contributed by atoms with van der Waals surface area (Å²) in [7, 11) is 0. The molecule has 0 fully saturated rings. The van der Waals surface area contributed by atoms with Gasteiger partial charge in [0.15, 0.2) is 0 Å². The van der Waals surface area contributed by atoms with E-state index in [2.05, 4.69) is 0 Å². The highest BCUT2D eigenvalue weighted by Crippen LogP contribution is 2.15. The van der Waals surface area contributed by atoms with Crippen molar-refractivity contribution in [2.75, 3.05) is 5.73 Å². The van der Waals surface area contributed by atoms with E-state index in [4.69, 9.17) is 10.8 Å². The van der Waals surface area contributed by atoms with Crippen LogP contribution < -0.4 is 11.1 Å². The second-order valence-corrected chi connectivity index (χ2v) is 3.81. The van der Waals surface area contributed by atoms with E-state index in [-0.39, 0.29) is 6.42 Å². The van der Waals surface area contributed by atoms with Crippen molar-refractivity contribution >= 4 is 17.6 Å². The number of aliphatic carboxylic acids is 1. The van der Waals surface area contributed by atoms with Crippen LogP contribution in [0.2, 0.25) is 0 Å². The van der Waals surface area contributed by atoms with Gasteiger partial charge in [0.2, 0.25) is 0 Å². The third-order valence-electron chi connectivity index (χ3n) is 2.28. The van der Waals surface area contributed by atoms with E-state index in [9.17, 15) is 22.8 Å². The van der Waals surface area contributed by atoms with Gasteiger partial charge < -0.3 is 16.2 Å². The number of carbonyl (C=O) groups is 2. The van der Waals surface area contributed by atoms with E-state index in [0.29, 0.717) is 11.3 Å².